The SMILES string of the molecule is COCC(C)OC(=O)Cc1cc(F)ccc1OCc1cc(-c2ccnc(CN)c2)c2occc2c1. The highest BCUT2D eigenvalue weighted by Crippen LogP contribution is 2.32. The zero-order chi connectivity index (χ0) is 24.8. The molecule has 0 radical (unpaired) electrons. The summed E-state index contributed by atoms with van der Waals surface area (Å²) in [7, 11) is 1.53. The van der Waals surface area contributed by atoms with Crippen molar-refractivity contribution in [3.05, 3.63) is 83.6 Å². The van der Waals surface area contributed by atoms with Crippen LogP contribution in [-0.4, -0.2) is 30.8 Å². The van der Waals surface area contributed by atoms with Crippen LogP contribution in [0.25, 0.3) is 22.1 Å². The van der Waals surface area contributed by atoms with Gasteiger partial charge in [-0.05, 0) is 66.6 Å². The quantitative estimate of drug-likeness (QED) is 0.327. The zero-order valence-electron chi connectivity index (χ0n) is 19.6. The molecule has 0 aliphatic rings. The summed E-state index contributed by atoms with van der Waals surface area (Å²) in [5.41, 5.74) is 10.4. The maximum atomic E-state index is 13.9. The standard InChI is InChI=1S/C27H27FN2O5/c1-17(15-32-2)35-26(31)13-21-11-22(28)3-4-25(21)34-16-18-9-20-6-8-33-27(20)24(10-18)19-5-7-30-23(12-19)14-29/h3-12,17H,13-16,29H2,1-2H3. The van der Waals surface area contributed by atoms with Crippen molar-refractivity contribution in [2.45, 2.75) is 32.6 Å². The van der Waals surface area contributed by atoms with Crippen LogP contribution in [-0.2, 0) is 33.8 Å². The van der Waals surface area contributed by atoms with Crippen molar-refractivity contribution in [3.63, 3.8) is 0 Å². The van der Waals surface area contributed by atoms with Gasteiger partial charge in [-0.3, -0.25) is 9.78 Å². The second-order valence-electron chi connectivity index (χ2n) is 8.20. The Morgan fingerprint density at radius 1 is 1.17 bits per heavy atom. The van der Waals surface area contributed by atoms with E-state index in [0.29, 0.717) is 17.9 Å². The number of nitrogens with two attached hydrogens (primary N) is 1. The van der Waals surface area contributed by atoms with Crippen LogP contribution in [0.15, 0.2) is 65.4 Å². The minimum atomic E-state index is -0.486. The van der Waals surface area contributed by atoms with E-state index in [4.69, 9.17) is 24.4 Å². The lowest BCUT2D eigenvalue weighted by Crippen LogP contribution is -2.21. The molecule has 0 aliphatic heterocycles. The van der Waals surface area contributed by atoms with E-state index >= 15 is 0 Å². The molecule has 1 unspecified atom stereocenters. The zero-order valence-corrected chi connectivity index (χ0v) is 19.6. The molecule has 7 nitrogen and oxygen atoms in total. The average molecular weight is 479 g/mol. The van der Waals surface area contributed by atoms with Gasteiger partial charge in [0.1, 0.15) is 29.9 Å². The molecule has 2 aromatic heterocycles. The van der Waals surface area contributed by atoms with Gasteiger partial charge in [0.05, 0.1) is 25.0 Å². The second kappa shape index (κ2) is 11.1. The largest absolute Gasteiger partial charge is 0.489 e. The predicted molar refractivity (Wildman–Crippen MR) is 129 cm³/mol. The van der Waals surface area contributed by atoms with E-state index in [0.717, 1.165) is 33.4 Å². The Labute approximate surface area is 202 Å². The maximum Gasteiger partial charge on any atom is 0.310 e. The van der Waals surface area contributed by atoms with Gasteiger partial charge < -0.3 is 24.4 Å². The third kappa shape index (κ3) is 6.03. The van der Waals surface area contributed by atoms with Gasteiger partial charge in [-0.1, -0.05) is 0 Å². The number of fused-ring (bicyclic) bond motifs is 1. The van der Waals surface area contributed by atoms with Crippen molar-refractivity contribution in [2.75, 3.05) is 13.7 Å². The van der Waals surface area contributed by atoms with E-state index in [1.54, 1.807) is 19.4 Å². The number of pyridine rings is 1. The molecular formula is C27H27FN2O5. The Morgan fingerprint density at radius 2 is 2.03 bits per heavy atom. The van der Waals surface area contributed by atoms with Crippen LogP contribution in [0.4, 0.5) is 4.39 Å². The topological polar surface area (TPSA) is 96.8 Å². The summed E-state index contributed by atoms with van der Waals surface area (Å²) in [6.07, 6.45) is 2.83. The molecule has 4 rings (SSSR count). The van der Waals surface area contributed by atoms with Crippen LogP contribution in [0.5, 0.6) is 5.75 Å². The molecule has 0 amide bonds. The number of esters is 1. The Kier molecular flexibility index (Phi) is 7.74. The molecule has 0 bridgehead atoms. The fourth-order valence-electron chi connectivity index (χ4n) is 3.88. The number of hydrogen-bond acceptors (Lipinski definition) is 7. The first-order valence-electron chi connectivity index (χ1n) is 11.2. The maximum absolute atomic E-state index is 13.9. The second-order valence-corrected chi connectivity index (χ2v) is 8.20. The molecule has 0 saturated heterocycles. The monoisotopic (exact) mass is 478 g/mol. The highest BCUT2D eigenvalue weighted by Gasteiger charge is 2.16. The third-order valence-electron chi connectivity index (χ3n) is 5.43. The number of carbonyl (C=O) groups excluding carboxylic acids is 1. The highest BCUT2D eigenvalue weighted by atomic mass is 19.1. The smallest absolute Gasteiger partial charge is 0.310 e. The first-order chi connectivity index (χ1) is 17.0. The summed E-state index contributed by atoms with van der Waals surface area (Å²) in [4.78, 5) is 16.6. The van der Waals surface area contributed by atoms with Gasteiger partial charge in [0, 0.05) is 36.4 Å². The Morgan fingerprint density at radius 3 is 2.83 bits per heavy atom. The van der Waals surface area contributed by atoms with Crippen molar-refractivity contribution in [3.8, 4) is 16.9 Å². The number of halogens is 1. The predicted octanol–water partition coefficient (Wildman–Crippen LogP) is 4.79. The number of ether oxygens (including phenoxy) is 3. The minimum absolute atomic E-state index is 0.119. The van der Waals surface area contributed by atoms with Crippen molar-refractivity contribution in [1.82, 2.24) is 4.98 Å². The molecule has 2 aromatic carbocycles. The first kappa shape index (κ1) is 24.4. The number of hydrogen-bond donors (Lipinski definition) is 1. The summed E-state index contributed by atoms with van der Waals surface area (Å²) in [6.45, 7) is 2.54. The number of methoxy groups -OCH3 is 1. The van der Waals surface area contributed by atoms with E-state index in [-0.39, 0.29) is 19.6 Å². The molecule has 0 fully saturated rings. The highest BCUT2D eigenvalue weighted by molar-refractivity contribution is 5.93. The van der Waals surface area contributed by atoms with Gasteiger partial charge >= 0.3 is 5.97 Å². The van der Waals surface area contributed by atoms with Crippen LogP contribution in [0, 0.1) is 5.82 Å². The van der Waals surface area contributed by atoms with Crippen molar-refractivity contribution in [1.29, 1.82) is 0 Å². The summed E-state index contributed by atoms with van der Waals surface area (Å²) >= 11 is 0. The minimum Gasteiger partial charge on any atom is -0.489 e. The number of aromatic nitrogens is 1. The normalized spacial score (nSPS) is 12.0. The van der Waals surface area contributed by atoms with Crippen LogP contribution in [0.2, 0.25) is 0 Å². The first-order valence-corrected chi connectivity index (χ1v) is 11.2. The van der Waals surface area contributed by atoms with Gasteiger partial charge in [0.15, 0.2) is 0 Å². The average Bonchev–Trinajstić information content (AvgIpc) is 3.32. The molecule has 0 spiro atoms. The lowest BCUT2D eigenvalue weighted by molar-refractivity contribution is -0.149. The number of furan rings is 1. The molecule has 2 N–H and O–H groups in total. The third-order valence-corrected chi connectivity index (χ3v) is 5.43. The molecular weight excluding hydrogens is 451 g/mol. The molecule has 35 heavy (non-hydrogen) atoms. The van der Waals surface area contributed by atoms with Gasteiger partial charge in [-0.25, -0.2) is 4.39 Å². The molecule has 8 heteroatoms. The number of nitrogens with zero attached hydrogens (tertiary/aromatic N) is 1. The van der Waals surface area contributed by atoms with E-state index < -0.39 is 17.9 Å². The lowest BCUT2D eigenvalue weighted by atomic mass is 10.0. The lowest BCUT2D eigenvalue weighted by Gasteiger charge is -2.15. The van der Waals surface area contributed by atoms with Gasteiger partial charge in [-0.2, -0.15) is 0 Å². The summed E-state index contributed by atoms with van der Waals surface area (Å²) in [5.74, 6) is -0.535. The van der Waals surface area contributed by atoms with Crippen molar-refractivity contribution >= 4 is 16.9 Å². The number of carbonyl (C=O) groups is 1. The van der Waals surface area contributed by atoms with E-state index in [2.05, 4.69) is 4.98 Å². The fraction of sp³-hybridized carbons (Fsp3) is 0.259. The van der Waals surface area contributed by atoms with Crippen molar-refractivity contribution in [2.24, 2.45) is 5.73 Å². The molecule has 0 aliphatic carbocycles. The van der Waals surface area contributed by atoms with Gasteiger partial charge in [0.2, 0.25) is 0 Å². The van der Waals surface area contributed by atoms with E-state index in [9.17, 15) is 9.18 Å². The van der Waals surface area contributed by atoms with Crippen LogP contribution in [0.3, 0.4) is 0 Å². The van der Waals surface area contributed by atoms with E-state index in [1.807, 2.05) is 30.3 Å². The Balaban J connectivity index is 1.56. The van der Waals surface area contributed by atoms with E-state index in [1.165, 1.54) is 25.3 Å². The van der Waals surface area contributed by atoms with Gasteiger partial charge in [0.25, 0.3) is 0 Å². The summed E-state index contributed by atoms with van der Waals surface area (Å²) < 4.78 is 36.0. The molecule has 2 heterocycles. The Bertz CT molecular complexity index is 1320. The Hall–Kier alpha value is -3.75. The summed E-state index contributed by atoms with van der Waals surface area (Å²) in [6, 6.07) is 13.8. The number of benzene rings is 2. The van der Waals surface area contributed by atoms with Crippen LogP contribution >= 0.6 is 0 Å². The van der Waals surface area contributed by atoms with Crippen LogP contribution < -0.4 is 10.5 Å². The van der Waals surface area contributed by atoms with Crippen molar-refractivity contribution < 1.29 is 27.8 Å². The molecule has 0 saturated carbocycles. The summed E-state index contributed by atoms with van der Waals surface area (Å²) in [5, 5.41) is 0.919. The van der Waals surface area contributed by atoms with Crippen LogP contribution in [0.1, 0.15) is 23.7 Å². The molecule has 4 aromatic rings. The fourth-order valence-corrected chi connectivity index (χ4v) is 3.88. The number of rotatable bonds is 10. The van der Waals surface area contributed by atoms with Gasteiger partial charge in [-0.15, -0.1) is 0 Å². The molecule has 182 valence electrons. The molecule has 1 atom stereocenters.